The first-order chi connectivity index (χ1) is 13.6. The van der Waals surface area contributed by atoms with Gasteiger partial charge in [0.05, 0.1) is 10.5 Å². The van der Waals surface area contributed by atoms with E-state index in [1.165, 1.54) is 0 Å². The lowest BCUT2D eigenvalue weighted by molar-refractivity contribution is -0.139. The summed E-state index contributed by atoms with van der Waals surface area (Å²) >= 11 is 5.63. The fourth-order valence-electron chi connectivity index (χ4n) is 3.21. The van der Waals surface area contributed by atoms with Gasteiger partial charge in [0.2, 0.25) is 15.9 Å². The summed E-state index contributed by atoms with van der Waals surface area (Å²) < 4.78 is 66.5. The van der Waals surface area contributed by atoms with E-state index in [1.54, 1.807) is 24.3 Å². The molecular formula is C19H18ClF3N2O3S. The Bertz CT molecular complexity index is 990. The number of hydrogen-bond acceptors (Lipinski definition) is 3. The second-order valence-corrected chi connectivity index (χ2v) is 9.01. The molecule has 0 spiro atoms. The Morgan fingerprint density at radius 2 is 1.69 bits per heavy atom. The van der Waals surface area contributed by atoms with E-state index in [0.717, 1.165) is 16.4 Å². The van der Waals surface area contributed by atoms with E-state index in [2.05, 4.69) is 5.32 Å². The monoisotopic (exact) mass is 446 g/mol. The van der Waals surface area contributed by atoms with E-state index >= 15 is 0 Å². The van der Waals surface area contributed by atoms with Gasteiger partial charge in [0.15, 0.2) is 0 Å². The normalized spacial score (nSPS) is 16.6. The highest BCUT2D eigenvalue weighted by Crippen LogP contribution is 2.37. The summed E-state index contributed by atoms with van der Waals surface area (Å²) in [6.45, 7) is -0.0930. The van der Waals surface area contributed by atoms with Crippen LogP contribution in [-0.2, 0) is 21.0 Å². The van der Waals surface area contributed by atoms with Crippen LogP contribution in [0.5, 0.6) is 0 Å². The number of rotatable bonds is 4. The molecule has 1 aliphatic rings. The van der Waals surface area contributed by atoms with Crippen LogP contribution in [-0.4, -0.2) is 31.7 Å². The lowest BCUT2D eigenvalue weighted by Crippen LogP contribution is -2.41. The van der Waals surface area contributed by atoms with Crippen molar-refractivity contribution in [3.8, 4) is 0 Å². The van der Waals surface area contributed by atoms with Crippen molar-refractivity contribution in [3.63, 3.8) is 0 Å². The molecule has 1 fully saturated rings. The average molecular weight is 447 g/mol. The number of nitrogens with one attached hydrogen (secondary N) is 1. The second-order valence-electron chi connectivity index (χ2n) is 6.67. The number of carbonyl (C=O) groups excluding carboxylic acids is 1. The number of carbonyl (C=O) groups is 1. The van der Waals surface area contributed by atoms with Gasteiger partial charge in [-0.1, -0.05) is 29.8 Å². The van der Waals surface area contributed by atoms with Gasteiger partial charge in [-0.3, -0.25) is 4.79 Å². The number of amides is 1. The van der Waals surface area contributed by atoms with Crippen LogP contribution < -0.4 is 5.32 Å². The van der Waals surface area contributed by atoms with Gasteiger partial charge in [-0.05, 0) is 43.2 Å². The molecule has 0 saturated carbocycles. The molecule has 0 atom stereocenters. The number of alkyl halides is 3. The molecule has 5 nitrogen and oxygen atoms in total. The zero-order valence-electron chi connectivity index (χ0n) is 15.1. The number of anilines is 1. The van der Waals surface area contributed by atoms with Gasteiger partial charge in [-0.25, -0.2) is 8.42 Å². The number of benzene rings is 2. The maximum atomic E-state index is 13.3. The Labute approximate surface area is 171 Å². The van der Waals surface area contributed by atoms with Crippen LogP contribution in [0.15, 0.2) is 53.4 Å². The molecule has 0 radical (unpaired) electrons. The van der Waals surface area contributed by atoms with E-state index in [9.17, 15) is 26.4 Å². The Morgan fingerprint density at radius 1 is 1.07 bits per heavy atom. The van der Waals surface area contributed by atoms with Crippen molar-refractivity contribution in [2.45, 2.75) is 23.9 Å². The van der Waals surface area contributed by atoms with Crippen molar-refractivity contribution >= 4 is 33.2 Å². The van der Waals surface area contributed by atoms with Crippen LogP contribution in [0, 0.1) is 5.92 Å². The number of halogens is 4. The van der Waals surface area contributed by atoms with E-state index in [0.29, 0.717) is 11.8 Å². The molecule has 1 heterocycles. The number of nitrogens with zero attached hydrogens (tertiary/aromatic N) is 1. The quantitative estimate of drug-likeness (QED) is 0.757. The van der Waals surface area contributed by atoms with Crippen molar-refractivity contribution in [2.24, 2.45) is 5.92 Å². The van der Waals surface area contributed by atoms with Crippen molar-refractivity contribution in [2.75, 3.05) is 18.4 Å². The number of hydrogen-bond donors (Lipinski definition) is 1. The minimum Gasteiger partial charge on any atom is -0.326 e. The van der Waals surface area contributed by atoms with Crippen LogP contribution >= 0.6 is 11.6 Å². The van der Waals surface area contributed by atoms with Crippen LogP contribution in [0.25, 0.3) is 0 Å². The molecule has 29 heavy (non-hydrogen) atoms. The maximum absolute atomic E-state index is 13.3. The molecule has 2 aromatic rings. The SMILES string of the molecule is O=C(Nc1ccccc1)C1CCN(S(=O)(=O)c2ccc(Cl)cc2C(F)(F)F)CC1. The summed E-state index contributed by atoms with van der Waals surface area (Å²) in [6, 6.07) is 11.4. The summed E-state index contributed by atoms with van der Waals surface area (Å²) in [5.41, 5.74) is -0.669. The molecule has 1 aliphatic heterocycles. The third-order valence-corrected chi connectivity index (χ3v) is 6.92. The highest BCUT2D eigenvalue weighted by atomic mass is 35.5. The molecule has 1 amide bonds. The molecule has 0 aromatic heterocycles. The molecule has 1 N–H and O–H groups in total. The van der Waals surface area contributed by atoms with Crippen LogP contribution in [0.2, 0.25) is 5.02 Å². The molecule has 2 aromatic carbocycles. The molecule has 0 aliphatic carbocycles. The lowest BCUT2D eigenvalue weighted by Gasteiger charge is -2.31. The zero-order chi connectivity index (χ0) is 21.2. The van der Waals surface area contributed by atoms with Gasteiger partial charge in [0.25, 0.3) is 0 Å². The van der Waals surface area contributed by atoms with Crippen molar-refractivity contribution in [1.82, 2.24) is 4.31 Å². The second kappa shape index (κ2) is 8.33. The summed E-state index contributed by atoms with van der Waals surface area (Å²) in [7, 11) is -4.38. The Hall–Kier alpha value is -2.10. The Kier molecular flexibility index (Phi) is 6.21. The predicted molar refractivity (Wildman–Crippen MR) is 103 cm³/mol. The van der Waals surface area contributed by atoms with Gasteiger partial charge < -0.3 is 5.32 Å². The summed E-state index contributed by atoms with van der Waals surface area (Å²) in [4.78, 5) is 11.5. The van der Waals surface area contributed by atoms with Gasteiger partial charge in [-0.2, -0.15) is 17.5 Å². The number of para-hydroxylation sites is 1. The predicted octanol–water partition coefficient (Wildman–Crippen LogP) is 4.40. The molecule has 3 rings (SSSR count). The fourth-order valence-corrected chi connectivity index (χ4v) is 5.05. The third-order valence-electron chi connectivity index (χ3n) is 4.73. The standard InChI is InChI=1S/C19H18ClF3N2O3S/c20-14-6-7-17(16(12-14)19(21,22)23)29(27,28)25-10-8-13(9-11-25)18(26)24-15-4-2-1-3-5-15/h1-7,12-13H,8-11H2,(H,24,26). The van der Waals surface area contributed by atoms with Crippen LogP contribution in [0.4, 0.5) is 18.9 Å². The first-order valence-corrected chi connectivity index (χ1v) is 10.6. The first-order valence-electron chi connectivity index (χ1n) is 8.82. The lowest BCUT2D eigenvalue weighted by atomic mass is 9.97. The van der Waals surface area contributed by atoms with Crippen molar-refractivity contribution in [1.29, 1.82) is 0 Å². The van der Waals surface area contributed by atoms with E-state index in [-0.39, 0.29) is 36.9 Å². The van der Waals surface area contributed by atoms with Gasteiger partial charge >= 0.3 is 6.18 Å². The minimum atomic E-state index is -4.86. The Morgan fingerprint density at radius 3 is 2.28 bits per heavy atom. The van der Waals surface area contributed by atoms with E-state index in [1.807, 2.05) is 6.07 Å². The largest absolute Gasteiger partial charge is 0.417 e. The molecular weight excluding hydrogens is 429 g/mol. The van der Waals surface area contributed by atoms with Gasteiger partial charge in [0.1, 0.15) is 0 Å². The van der Waals surface area contributed by atoms with Crippen molar-refractivity contribution in [3.05, 3.63) is 59.1 Å². The first kappa shape index (κ1) is 21.6. The maximum Gasteiger partial charge on any atom is 0.417 e. The third kappa shape index (κ3) is 4.91. The number of sulfonamides is 1. The number of piperidine rings is 1. The molecule has 1 saturated heterocycles. The topological polar surface area (TPSA) is 66.5 Å². The van der Waals surface area contributed by atoms with Gasteiger partial charge in [0, 0.05) is 29.7 Å². The molecule has 0 bridgehead atoms. The zero-order valence-corrected chi connectivity index (χ0v) is 16.7. The van der Waals surface area contributed by atoms with E-state index in [4.69, 9.17) is 11.6 Å². The molecule has 10 heteroatoms. The summed E-state index contributed by atoms with van der Waals surface area (Å²) in [5, 5.41) is 2.56. The summed E-state index contributed by atoms with van der Waals surface area (Å²) in [6.07, 6.45) is -4.43. The van der Waals surface area contributed by atoms with Gasteiger partial charge in [-0.15, -0.1) is 0 Å². The fraction of sp³-hybridized carbons (Fsp3) is 0.316. The van der Waals surface area contributed by atoms with Crippen LogP contribution in [0.1, 0.15) is 18.4 Å². The minimum absolute atomic E-state index is 0.0465. The summed E-state index contributed by atoms with van der Waals surface area (Å²) in [5.74, 6) is -0.662. The smallest absolute Gasteiger partial charge is 0.326 e. The molecule has 156 valence electrons. The van der Waals surface area contributed by atoms with Crippen molar-refractivity contribution < 1.29 is 26.4 Å². The van der Waals surface area contributed by atoms with E-state index < -0.39 is 32.6 Å². The average Bonchev–Trinajstić information content (AvgIpc) is 2.68. The highest BCUT2D eigenvalue weighted by molar-refractivity contribution is 7.89. The Balaban J connectivity index is 1.73. The van der Waals surface area contributed by atoms with Crippen LogP contribution in [0.3, 0.4) is 0 Å². The molecule has 0 unspecified atom stereocenters. The highest BCUT2D eigenvalue weighted by Gasteiger charge is 2.40.